The molecule has 0 aromatic heterocycles. The van der Waals surface area contributed by atoms with E-state index in [0.717, 1.165) is 30.8 Å². The molecule has 0 spiro atoms. The van der Waals surface area contributed by atoms with Crippen LogP contribution < -0.4 is 4.74 Å². The number of hydrogen-bond donors (Lipinski definition) is 0. The van der Waals surface area contributed by atoms with Crippen molar-refractivity contribution >= 4 is 9.84 Å². The first-order valence-corrected chi connectivity index (χ1v) is 9.47. The molecule has 1 unspecified atom stereocenters. The fourth-order valence-corrected chi connectivity index (χ4v) is 4.25. The molecule has 0 radical (unpaired) electrons. The van der Waals surface area contributed by atoms with E-state index in [1.165, 1.54) is 6.42 Å². The number of ether oxygens (including phenoxy) is 2. The zero-order chi connectivity index (χ0) is 14.7. The minimum atomic E-state index is -2.91. The summed E-state index contributed by atoms with van der Waals surface area (Å²) in [6.07, 6.45) is 4.18. The maximum Gasteiger partial charge on any atom is 0.150 e. The van der Waals surface area contributed by atoms with Gasteiger partial charge in [0.05, 0.1) is 18.1 Å². The van der Waals surface area contributed by atoms with E-state index in [-0.39, 0.29) is 11.9 Å². The summed E-state index contributed by atoms with van der Waals surface area (Å²) < 4.78 is 34.7. The zero-order valence-corrected chi connectivity index (χ0v) is 13.0. The van der Waals surface area contributed by atoms with Gasteiger partial charge in [-0.1, -0.05) is 18.6 Å². The molecule has 1 atom stereocenters. The topological polar surface area (TPSA) is 55.9 Å². The predicted molar refractivity (Wildman–Crippen MR) is 81.4 cm³/mol. The molecular formula is C16H22O4S. The highest BCUT2D eigenvalue weighted by atomic mass is 32.2. The third-order valence-corrected chi connectivity index (χ3v) is 5.98. The van der Waals surface area contributed by atoms with E-state index in [1.807, 2.05) is 24.3 Å². The highest BCUT2D eigenvalue weighted by molar-refractivity contribution is 7.91. The fraction of sp³-hybridized carbons (Fsp3) is 0.625. The average Bonchev–Trinajstić information content (AvgIpc) is 3.24. The van der Waals surface area contributed by atoms with Crippen molar-refractivity contribution in [2.75, 3.05) is 24.7 Å². The summed E-state index contributed by atoms with van der Waals surface area (Å²) in [5.41, 5.74) is 1.04. The summed E-state index contributed by atoms with van der Waals surface area (Å²) in [4.78, 5) is 0. The molecule has 2 fully saturated rings. The van der Waals surface area contributed by atoms with Gasteiger partial charge in [0.15, 0.2) is 9.84 Å². The lowest BCUT2D eigenvalue weighted by atomic mass is 9.87. The van der Waals surface area contributed by atoms with Gasteiger partial charge in [-0.2, -0.15) is 0 Å². The fourth-order valence-electron chi connectivity index (χ4n) is 2.48. The number of aryl methyl sites for hydroxylation is 1. The molecule has 21 heavy (non-hydrogen) atoms. The van der Waals surface area contributed by atoms with Gasteiger partial charge in [-0.25, -0.2) is 8.42 Å². The Labute approximate surface area is 126 Å². The quantitative estimate of drug-likeness (QED) is 0.691. The van der Waals surface area contributed by atoms with E-state index in [0.29, 0.717) is 24.7 Å². The molecule has 0 N–H and O–H groups in total. The average molecular weight is 310 g/mol. The first-order chi connectivity index (χ1) is 10.1. The SMILES string of the molecule is O=S(=O)(CCc1ccc(OCC2CO2)cc1)CC1CCC1. The second-order valence-electron chi connectivity index (χ2n) is 6.07. The second-order valence-corrected chi connectivity index (χ2v) is 8.30. The number of benzene rings is 1. The molecule has 5 heteroatoms. The summed E-state index contributed by atoms with van der Waals surface area (Å²) >= 11 is 0. The Morgan fingerprint density at radius 1 is 1.19 bits per heavy atom. The van der Waals surface area contributed by atoms with Crippen LogP contribution in [0, 0.1) is 5.92 Å². The van der Waals surface area contributed by atoms with Crippen molar-refractivity contribution in [1.82, 2.24) is 0 Å². The monoisotopic (exact) mass is 310 g/mol. The van der Waals surface area contributed by atoms with Crippen LogP contribution in [-0.4, -0.2) is 39.2 Å². The maximum absolute atomic E-state index is 12.0. The van der Waals surface area contributed by atoms with Gasteiger partial charge in [0.1, 0.15) is 18.5 Å². The molecule has 2 aliphatic rings. The molecule has 0 bridgehead atoms. The number of sulfone groups is 1. The van der Waals surface area contributed by atoms with Crippen LogP contribution in [-0.2, 0) is 21.0 Å². The molecular weight excluding hydrogens is 288 g/mol. The van der Waals surface area contributed by atoms with Crippen molar-refractivity contribution in [3.63, 3.8) is 0 Å². The van der Waals surface area contributed by atoms with E-state index in [4.69, 9.17) is 9.47 Å². The van der Waals surface area contributed by atoms with Gasteiger partial charge in [0, 0.05) is 0 Å². The molecule has 4 nitrogen and oxygen atoms in total. The number of hydrogen-bond acceptors (Lipinski definition) is 4. The Morgan fingerprint density at radius 2 is 1.90 bits per heavy atom. The molecule has 1 aliphatic carbocycles. The summed E-state index contributed by atoms with van der Waals surface area (Å²) in [6, 6.07) is 7.69. The minimum Gasteiger partial charge on any atom is -0.491 e. The molecule has 3 rings (SSSR count). The van der Waals surface area contributed by atoms with E-state index < -0.39 is 9.84 Å². The lowest BCUT2D eigenvalue weighted by Crippen LogP contribution is -2.24. The van der Waals surface area contributed by atoms with Gasteiger partial charge in [-0.05, 0) is 42.9 Å². The van der Waals surface area contributed by atoms with Crippen LogP contribution >= 0.6 is 0 Å². The Morgan fingerprint density at radius 3 is 2.48 bits per heavy atom. The van der Waals surface area contributed by atoms with Crippen LogP contribution in [0.25, 0.3) is 0 Å². The van der Waals surface area contributed by atoms with Crippen LogP contribution in [0.1, 0.15) is 24.8 Å². The lowest BCUT2D eigenvalue weighted by molar-refractivity contribution is 0.263. The largest absolute Gasteiger partial charge is 0.491 e. The van der Waals surface area contributed by atoms with Crippen molar-refractivity contribution < 1.29 is 17.9 Å². The van der Waals surface area contributed by atoms with E-state index >= 15 is 0 Å². The van der Waals surface area contributed by atoms with Gasteiger partial charge >= 0.3 is 0 Å². The van der Waals surface area contributed by atoms with E-state index in [9.17, 15) is 8.42 Å². The summed E-state index contributed by atoms with van der Waals surface area (Å²) in [7, 11) is -2.91. The van der Waals surface area contributed by atoms with Gasteiger partial charge in [-0.3, -0.25) is 0 Å². The Bertz CT molecular complexity index is 556. The molecule has 1 heterocycles. The van der Waals surface area contributed by atoms with Crippen molar-refractivity contribution in [3.05, 3.63) is 29.8 Å². The lowest BCUT2D eigenvalue weighted by Gasteiger charge is -2.24. The third kappa shape index (κ3) is 4.71. The van der Waals surface area contributed by atoms with Crippen LogP contribution in [0.15, 0.2) is 24.3 Å². The van der Waals surface area contributed by atoms with E-state index in [1.54, 1.807) is 0 Å². The first-order valence-electron chi connectivity index (χ1n) is 7.64. The number of rotatable bonds is 8. The minimum absolute atomic E-state index is 0.250. The summed E-state index contributed by atoms with van der Waals surface area (Å²) in [6.45, 7) is 1.38. The van der Waals surface area contributed by atoms with Gasteiger partial charge in [0.2, 0.25) is 0 Å². The predicted octanol–water partition coefficient (Wildman–Crippen LogP) is 2.22. The number of epoxide rings is 1. The molecule has 116 valence electrons. The maximum atomic E-state index is 12.0. The van der Waals surface area contributed by atoms with Crippen LogP contribution in [0.4, 0.5) is 0 Å². The normalized spacial score (nSPS) is 21.8. The van der Waals surface area contributed by atoms with Crippen molar-refractivity contribution in [3.8, 4) is 5.75 Å². The van der Waals surface area contributed by atoms with Gasteiger partial charge in [0.25, 0.3) is 0 Å². The van der Waals surface area contributed by atoms with Crippen molar-refractivity contribution in [2.24, 2.45) is 5.92 Å². The van der Waals surface area contributed by atoms with Crippen LogP contribution in [0.5, 0.6) is 5.75 Å². The Balaban J connectivity index is 1.45. The summed E-state index contributed by atoms with van der Waals surface area (Å²) in [5, 5.41) is 0. The zero-order valence-electron chi connectivity index (χ0n) is 12.2. The Hall–Kier alpha value is -1.07. The van der Waals surface area contributed by atoms with Gasteiger partial charge < -0.3 is 9.47 Å². The second kappa shape index (κ2) is 6.36. The summed E-state index contributed by atoms with van der Waals surface area (Å²) in [5.74, 6) is 1.84. The molecule has 1 aromatic rings. The standard InChI is InChI=1S/C16H22O4S/c17-21(18,12-14-2-1-3-14)9-8-13-4-6-15(7-5-13)19-10-16-11-20-16/h4-7,14,16H,1-3,8-12H2. The molecule has 1 aromatic carbocycles. The van der Waals surface area contributed by atoms with Crippen LogP contribution in [0.2, 0.25) is 0 Å². The molecule has 1 saturated carbocycles. The molecule has 0 amide bonds. The third-order valence-electron chi connectivity index (χ3n) is 4.18. The smallest absolute Gasteiger partial charge is 0.150 e. The molecule has 1 aliphatic heterocycles. The highest BCUT2D eigenvalue weighted by Gasteiger charge is 2.24. The van der Waals surface area contributed by atoms with Crippen molar-refractivity contribution in [2.45, 2.75) is 31.8 Å². The molecule has 1 saturated heterocycles. The van der Waals surface area contributed by atoms with Crippen molar-refractivity contribution in [1.29, 1.82) is 0 Å². The highest BCUT2D eigenvalue weighted by Crippen LogP contribution is 2.28. The Kier molecular flexibility index (Phi) is 4.50. The first kappa shape index (κ1) is 14.9. The van der Waals surface area contributed by atoms with Gasteiger partial charge in [-0.15, -0.1) is 0 Å². The van der Waals surface area contributed by atoms with Crippen LogP contribution in [0.3, 0.4) is 0 Å². The van der Waals surface area contributed by atoms with E-state index in [2.05, 4.69) is 0 Å².